The predicted octanol–water partition coefficient (Wildman–Crippen LogP) is 1.10. The first-order valence-corrected chi connectivity index (χ1v) is 6.06. The van der Waals surface area contributed by atoms with Crippen molar-refractivity contribution in [1.82, 2.24) is 4.72 Å². The third-order valence-corrected chi connectivity index (χ3v) is 2.79. The summed E-state index contributed by atoms with van der Waals surface area (Å²) in [5.74, 6) is 0. The van der Waals surface area contributed by atoms with E-state index in [4.69, 9.17) is 10.3 Å². The Hall–Kier alpha value is -1.11. The van der Waals surface area contributed by atoms with Crippen LogP contribution in [0.1, 0.15) is 12.5 Å². The van der Waals surface area contributed by atoms with Crippen LogP contribution in [0.2, 0.25) is 0 Å². The minimum Gasteiger partial charge on any atom is -0.399 e. The molecule has 0 saturated carbocycles. The van der Waals surface area contributed by atoms with Gasteiger partial charge < -0.3 is 11.1 Å². The lowest BCUT2D eigenvalue weighted by molar-refractivity contribution is 0.535. The highest BCUT2D eigenvalue weighted by Gasteiger charge is 2.04. The molecule has 0 fully saturated rings. The van der Waals surface area contributed by atoms with Gasteiger partial charge in [0.2, 0.25) is 11.3 Å². The number of anilines is 2. The van der Waals surface area contributed by atoms with E-state index in [1.165, 1.54) is 0 Å². The van der Waals surface area contributed by atoms with Crippen molar-refractivity contribution < 1.29 is 8.76 Å². The highest BCUT2D eigenvalue weighted by Crippen LogP contribution is 2.16. The summed E-state index contributed by atoms with van der Waals surface area (Å²) in [6.45, 7) is 4.33. The summed E-state index contributed by atoms with van der Waals surface area (Å²) in [5, 5.41) is 3.15. The maximum Gasteiger partial charge on any atom is 0.232 e. The van der Waals surface area contributed by atoms with Crippen molar-refractivity contribution in [3.05, 3.63) is 23.8 Å². The van der Waals surface area contributed by atoms with Crippen molar-refractivity contribution in [2.24, 2.45) is 0 Å². The molecular weight excluding hydrogens is 226 g/mol. The largest absolute Gasteiger partial charge is 0.399 e. The third kappa shape index (κ3) is 4.18. The number of nitrogens with one attached hydrogen (secondary N) is 2. The fourth-order valence-electron chi connectivity index (χ4n) is 1.27. The molecule has 5 nitrogen and oxygen atoms in total. The van der Waals surface area contributed by atoms with Crippen LogP contribution in [0.25, 0.3) is 0 Å². The Morgan fingerprint density at radius 2 is 2.25 bits per heavy atom. The summed E-state index contributed by atoms with van der Waals surface area (Å²) < 4.78 is 21.6. The SMILES string of the molecule is Cc1cc(NCC(C)NS(=O)O)ccc1N. The maximum absolute atomic E-state index is 10.5. The first-order chi connectivity index (χ1) is 7.49. The van der Waals surface area contributed by atoms with Crippen LogP contribution >= 0.6 is 0 Å². The molecule has 0 saturated heterocycles. The number of nitrogen functional groups attached to an aromatic ring is 1. The normalized spacial score (nSPS) is 14.4. The van der Waals surface area contributed by atoms with Crippen molar-refractivity contribution in [2.75, 3.05) is 17.6 Å². The van der Waals surface area contributed by atoms with Crippen molar-refractivity contribution in [2.45, 2.75) is 19.9 Å². The zero-order chi connectivity index (χ0) is 12.1. The van der Waals surface area contributed by atoms with Crippen LogP contribution in [0.3, 0.4) is 0 Å². The quantitative estimate of drug-likeness (QED) is 0.461. The lowest BCUT2D eigenvalue weighted by Crippen LogP contribution is -2.33. The molecule has 5 N–H and O–H groups in total. The second-order valence-corrected chi connectivity index (χ2v) is 4.45. The average molecular weight is 243 g/mol. The molecule has 1 aromatic rings. The number of hydrogen-bond donors (Lipinski definition) is 4. The Morgan fingerprint density at radius 1 is 1.56 bits per heavy atom. The zero-order valence-electron chi connectivity index (χ0n) is 9.36. The average Bonchev–Trinajstić information content (AvgIpc) is 2.19. The van der Waals surface area contributed by atoms with Gasteiger partial charge in [-0.25, -0.2) is 8.93 Å². The number of aryl methyl sites for hydroxylation is 1. The Labute approximate surface area is 97.8 Å². The standard InChI is InChI=1S/C10H17N3O2S/c1-7-5-9(3-4-10(7)11)12-6-8(2)13-16(14)15/h3-5,8,12-13H,6,11H2,1-2H3,(H,14,15). The number of nitrogens with two attached hydrogens (primary N) is 1. The van der Waals surface area contributed by atoms with Gasteiger partial charge in [0.15, 0.2) is 0 Å². The van der Waals surface area contributed by atoms with Crippen LogP contribution in [-0.4, -0.2) is 21.3 Å². The predicted molar refractivity (Wildman–Crippen MR) is 67.5 cm³/mol. The molecule has 0 heterocycles. The Balaban J connectivity index is 2.48. The van der Waals surface area contributed by atoms with Gasteiger partial charge in [-0.1, -0.05) is 0 Å². The fraction of sp³-hybridized carbons (Fsp3) is 0.400. The van der Waals surface area contributed by atoms with Crippen LogP contribution in [0.5, 0.6) is 0 Å². The van der Waals surface area contributed by atoms with Crippen LogP contribution in [-0.2, 0) is 11.3 Å². The summed E-state index contributed by atoms with van der Waals surface area (Å²) in [5.41, 5.74) is 8.41. The van der Waals surface area contributed by atoms with E-state index in [9.17, 15) is 4.21 Å². The van der Waals surface area contributed by atoms with E-state index in [2.05, 4.69) is 10.0 Å². The van der Waals surface area contributed by atoms with Crippen molar-refractivity contribution in [3.8, 4) is 0 Å². The highest BCUT2D eigenvalue weighted by atomic mass is 32.2. The van der Waals surface area contributed by atoms with Gasteiger partial charge in [0.05, 0.1) is 0 Å². The molecule has 0 aromatic heterocycles. The van der Waals surface area contributed by atoms with Crippen LogP contribution < -0.4 is 15.8 Å². The zero-order valence-corrected chi connectivity index (χ0v) is 10.2. The topological polar surface area (TPSA) is 87.4 Å². The second-order valence-electron chi connectivity index (χ2n) is 3.72. The van der Waals surface area contributed by atoms with Gasteiger partial charge in [-0.15, -0.1) is 0 Å². The first-order valence-electron chi connectivity index (χ1n) is 4.96. The summed E-state index contributed by atoms with van der Waals surface area (Å²) in [6, 6.07) is 5.56. The summed E-state index contributed by atoms with van der Waals surface area (Å²) in [6.07, 6.45) is 0. The van der Waals surface area contributed by atoms with Crippen LogP contribution in [0, 0.1) is 6.92 Å². The molecule has 0 bridgehead atoms. The number of rotatable bonds is 5. The second kappa shape index (κ2) is 5.83. The Kier molecular flexibility index (Phi) is 4.72. The molecule has 6 heteroatoms. The molecule has 90 valence electrons. The van der Waals surface area contributed by atoms with E-state index in [1.807, 2.05) is 32.0 Å². The van der Waals surface area contributed by atoms with E-state index < -0.39 is 11.3 Å². The van der Waals surface area contributed by atoms with Gasteiger partial charge in [-0.3, -0.25) is 4.55 Å². The molecule has 0 amide bonds. The van der Waals surface area contributed by atoms with Gasteiger partial charge in [-0.2, -0.15) is 0 Å². The minimum atomic E-state index is -1.97. The molecule has 0 radical (unpaired) electrons. The monoisotopic (exact) mass is 243 g/mol. The minimum absolute atomic E-state index is 0.0938. The van der Waals surface area contributed by atoms with Gasteiger partial charge in [0, 0.05) is 24.0 Å². The fourth-order valence-corrected chi connectivity index (χ4v) is 1.70. The third-order valence-electron chi connectivity index (χ3n) is 2.18. The maximum atomic E-state index is 10.5. The number of benzene rings is 1. The summed E-state index contributed by atoms with van der Waals surface area (Å²) in [4.78, 5) is 0. The molecule has 16 heavy (non-hydrogen) atoms. The molecule has 1 rings (SSSR count). The van der Waals surface area contributed by atoms with Gasteiger partial charge in [0.25, 0.3) is 0 Å². The number of hydrogen-bond acceptors (Lipinski definition) is 3. The molecule has 2 unspecified atom stereocenters. The summed E-state index contributed by atoms with van der Waals surface area (Å²) >= 11 is -1.97. The molecule has 2 atom stereocenters. The molecule has 0 aliphatic heterocycles. The Bertz CT molecular complexity index is 384. The van der Waals surface area contributed by atoms with E-state index in [0.717, 1.165) is 16.9 Å². The van der Waals surface area contributed by atoms with Crippen molar-refractivity contribution in [3.63, 3.8) is 0 Å². The van der Waals surface area contributed by atoms with E-state index in [0.29, 0.717) is 6.54 Å². The highest BCUT2D eigenvalue weighted by molar-refractivity contribution is 7.77. The molecule has 0 spiro atoms. The van der Waals surface area contributed by atoms with Gasteiger partial charge in [0.1, 0.15) is 0 Å². The molecule has 1 aromatic carbocycles. The van der Waals surface area contributed by atoms with Crippen molar-refractivity contribution in [1.29, 1.82) is 0 Å². The van der Waals surface area contributed by atoms with E-state index >= 15 is 0 Å². The van der Waals surface area contributed by atoms with Crippen LogP contribution in [0.4, 0.5) is 11.4 Å². The lowest BCUT2D eigenvalue weighted by Gasteiger charge is -2.13. The van der Waals surface area contributed by atoms with Gasteiger partial charge >= 0.3 is 0 Å². The van der Waals surface area contributed by atoms with Crippen molar-refractivity contribution >= 4 is 22.6 Å². The van der Waals surface area contributed by atoms with Crippen LogP contribution in [0.15, 0.2) is 18.2 Å². The lowest BCUT2D eigenvalue weighted by atomic mass is 10.2. The smallest absolute Gasteiger partial charge is 0.232 e. The summed E-state index contributed by atoms with van der Waals surface area (Å²) in [7, 11) is 0. The molecule has 0 aliphatic carbocycles. The van der Waals surface area contributed by atoms with Gasteiger partial charge in [-0.05, 0) is 37.6 Å². The van der Waals surface area contributed by atoms with E-state index in [1.54, 1.807) is 0 Å². The Morgan fingerprint density at radius 3 is 2.81 bits per heavy atom. The first kappa shape index (κ1) is 13.0. The molecular formula is C10H17N3O2S. The van der Waals surface area contributed by atoms with E-state index in [-0.39, 0.29) is 6.04 Å². The molecule has 0 aliphatic rings.